The summed E-state index contributed by atoms with van der Waals surface area (Å²) in [5, 5.41) is 0. The van der Waals surface area contributed by atoms with Crippen molar-refractivity contribution in [3.05, 3.63) is 161 Å². The molecule has 2 aliphatic rings. The molecule has 3 aromatic carbocycles. The molecule has 65 heavy (non-hydrogen) atoms. The first-order valence-corrected chi connectivity index (χ1v) is 23.5. The molecule has 0 atom stereocenters. The number of pyridine rings is 1. The molecule has 0 saturated carbocycles. The molecule has 9 rings (SSSR count). The number of fused-ring (bicyclic) bond motifs is 8. The Bertz CT molecular complexity index is 2940. The van der Waals surface area contributed by atoms with Gasteiger partial charge in [-0.05, 0) is 110 Å². The molecule has 5 heteroatoms. The fraction of sp³-hybridized carbons (Fsp3) is 0.283. The molecular formula is C60H64N5+. The minimum absolute atomic E-state index is 0.0255. The molecule has 6 heterocycles. The quantitative estimate of drug-likeness (QED) is 0.118. The number of H-pyrrole nitrogens is 2. The van der Waals surface area contributed by atoms with Crippen LogP contribution in [-0.2, 0) is 22.8 Å². The number of nitrogens with one attached hydrogen (secondary N) is 2. The van der Waals surface area contributed by atoms with E-state index in [4.69, 9.17) is 9.97 Å². The molecule has 8 bridgehead atoms. The smallest absolute Gasteiger partial charge is 0.169 e. The summed E-state index contributed by atoms with van der Waals surface area (Å²) in [6, 6.07) is 40.5. The van der Waals surface area contributed by atoms with Gasteiger partial charge in [0.05, 0.1) is 22.8 Å². The summed E-state index contributed by atoms with van der Waals surface area (Å²) >= 11 is 0. The monoisotopic (exact) mass is 855 g/mol. The number of hydrogen-bond acceptors (Lipinski definition) is 2. The maximum absolute atomic E-state index is 5.55. The predicted molar refractivity (Wildman–Crippen MR) is 276 cm³/mol. The Labute approximate surface area is 386 Å². The molecule has 7 aromatic rings. The Balaban J connectivity index is 1.39. The third-order valence-electron chi connectivity index (χ3n) is 13.1. The number of hydrogen-bond donors (Lipinski definition) is 2. The van der Waals surface area contributed by atoms with Crippen LogP contribution in [0, 0.1) is 0 Å². The zero-order chi connectivity index (χ0) is 45.7. The molecule has 5 nitrogen and oxygen atoms in total. The van der Waals surface area contributed by atoms with Crippen molar-refractivity contribution in [1.82, 2.24) is 19.9 Å². The normalized spacial score (nSPS) is 12.9. The summed E-state index contributed by atoms with van der Waals surface area (Å²) in [6.07, 6.45) is 16.7. The Kier molecular flexibility index (Phi) is 11.5. The lowest BCUT2D eigenvalue weighted by atomic mass is 9.86. The first-order valence-electron chi connectivity index (χ1n) is 23.5. The molecule has 2 aliphatic heterocycles. The highest BCUT2D eigenvalue weighted by atomic mass is 14.9. The molecule has 0 unspecified atom stereocenters. The summed E-state index contributed by atoms with van der Waals surface area (Å²) in [5.74, 6) is 0. The lowest BCUT2D eigenvalue weighted by molar-refractivity contribution is -0.697. The molecular weight excluding hydrogens is 791 g/mol. The fourth-order valence-corrected chi connectivity index (χ4v) is 9.15. The van der Waals surface area contributed by atoms with E-state index in [2.05, 4.69) is 230 Å². The van der Waals surface area contributed by atoms with Gasteiger partial charge in [0.1, 0.15) is 6.54 Å². The molecule has 4 aromatic heterocycles. The lowest BCUT2D eigenvalue weighted by Crippen LogP contribution is -2.32. The van der Waals surface area contributed by atoms with Crippen LogP contribution in [0.2, 0.25) is 0 Å². The Hall–Kier alpha value is -6.59. The highest BCUT2D eigenvalue weighted by Crippen LogP contribution is 2.40. The van der Waals surface area contributed by atoms with E-state index < -0.39 is 0 Å². The number of nitrogens with zero attached hydrogens (tertiary/aromatic N) is 3. The minimum Gasteiger partial charge on any atom is -0.354 e. The van der Waals surface area contributed by atoms with Gasteiger partial charge in [-0.1, -0.05) is 148 Å². The van der Waals surface area contributed by atoms with E-state index in [0.29, 0.717) is 0 Å². The fourth-order valence-electron chi connectivity index (χ4n) is 9.15. The van der Waals surface area contributed by atoms with Crippen LogP contribution in [0.15, 0.2) is 122 Å². The number of aromatic amines is 2. The summed E-state index contributed by atoms with van der Waals surface area (Å²) in [6.45, 7) is 23.6. The molecule has 0 aliphatic carbocycles. The van der Waals surface area contributed by atoms with E-state index in [1.807, 2.05) is 0 Å². The van der Waals surface area contributed by atoms with E-state index in [1.54, 1.807) is 0 Å². The maximum atomic E-state index is 5.55. The van der Waals surface area contributed by atoms with Crippen molar-refractivity contribution in [1.29, 1.82) is 0 Å². The number of benzene rings is 3. The summed E-state index contributed by atoms with van der Waals surface area (Å²) in [5.41, 5.74) is 20.2. The molecule has 328 valence electrons. The number of unbranched alkanes of at least 4 members (excludes halogenated alkanes) is 2. The maximum Gasteiger partial charge on any atom is 0.169 e. The van der Waals surface area contributed by atoms with Crippen molar-refractivity contribution < 1.29 is 4.57 Å². The van der Waals surface area contributed by atoms with Gasteiger partial charge in [-0.25, -0.2) is 14.5 Å². The van der Waals surface area contributed by atoms with Gasteiger partial charge in [-0.3, -0.25) is 0 Å². The van der Waals surface area contributed by atoms with Crippen LogP contribution in [0.4, 0.5) is 0 Å². The van der Waals surface area contributed by atoms with Gasteiger partial charge in [0.25, 0.3) is 0 Å². The van der Waals surface area contributed by atoms with Crippen LogP contribution in [0.1, 0.15) is 128 Å². The van der Waals surface area contributed by atoms with Crippen molar-refractivity contribution in [2.75, 3.05) is 0 Å². The SMILES string of the molecule is CCCCC[n+]1ccc(-c2c3ccc([nH]3)c(-c3ccc(C(C)(C)C)cc3)c3nc(c(-c4ccc(C(C)(C)C)cc4)c4nc(c(-c5ccc(C(C)(C)C)cc5)c5ccc2[nH]5)C=C4)C=C3)cc1. The second kappa shape index (κ2) is 17.1. The third-order valence-corrected chi connectivity index (χ3v) is 13.1. The van der Waals surface area contributed by atoms with Crippen molar-refractivity contribution in [3.8, 4) is 44.5 Å². The third kappa shape index (κ3) is 8.94. The van der Waals surface area contributed by atoms with E-state index in [1.165, 1.54) is 36.0 Å². The van der Waals surface area contributed by atoms with Crippen LogP contribution in [-0.4, -0.2) is 19.9 Å². The summed E-state index contributed by atoms with van der Waals surface area (Å²) in [4.78, 5) is 19.0. The first kappa shape index (κ1) is 43.7. The van der Waals surface area contributed by atoms with E-state index in [-0.39, 0.29) is 16.2 Å². The lowest BCUT2D eigenvalue weighted by Gasteiger charge is -2.19. The van der Waals surface area contributed by atoms with Gasteiger partial charge in [0.2, 0.25) is 0 Å². The predicted octanol–water partition coefficient (Wildman–Crippen LogP) is 15.7. The Morgan fingerprint density at radius 3 is 1.06 bits per heavy atom. The molecule has 0 saturated heterocycles. The summed E-state index contributed by atoms with van der Waals surface area (Å²) < 4.78 is 2.30. The van der Waals surface area contributed by atoms with E-state index in [9.17, 15) is 0 Å². The first-order chi connectivity index (χ1) is 31.0. The second-order valence-corrected chi connectivity index (χ2v) is 21.0. The van der Waals surface area contributed by atoms with Gasteiger partial charge in [-0.2, -0.15) is 0 Å². The molecule has 0 radical (unpaired) electrons. The Morgan fingerprint density at radius 1 is 0.385 bits per heavy atom. The van der Waals surface area contributed by atoms with Crippen LogP contribution in [0.3, 0.4) is 0 Å². The largest absolute Gasteiger partial charge is 0.354 e. The van der Waals surface area contributed by atoms with Gasteiger partial charge in [0, 0.05) is 62.9 Å². The molecule has 2 N–H and O–H groups in total. The topological polar surface area (TPSA) is 61.2 Å². The summed E-state index contributed by atoms with van der Waals surface area (Å²) in [7, 11) is 0. The Morgan fingerprint density at radius 2 is 0.708 bits per heavy atom. The average Bonchev–Trinajstić information content (AvgIpc) is 4.12. The minimum atomic E-state index is 0.0255. The zero-order valence-corrected chi connectivity index (χ0v) is 40.0. The number of rotatable bonds is 8. The zero-order valence-electron chi connectivity index (χ0n) is 40.0. The highest BCUT2D eigenvalue weighted by molar-refractivity contribution is 6.00. The van der Waals surface area contributed by atoms with E-state index >= 15 is 0 Å². The van der Waals surface area contributed by atoms with Gasteiger partial charge in [-0.15, -0.1) is 0 Å². The molecule has 0 spiro atoms. The van der Waals surface area contributed by atoms with Crippen molar-refractivity contribution in [2.24, 2.45) is 0 Å². The molecule has 0 fully saturated rings. The van der Waals surface area contributed by atoms with Crippen LogP contribution in [0.5, 0.6) is 0 Å². The van der Waals surface area contributed by atoms with Crippen molar-refractivity contribution in [2.45, 2.75) is 111 Å². The number of aromatic nitrogens is 5. The van der Waals surface area contributed by atoms with Crippen molar-refractivity contribution >= 4 is 46.4 Å². The van der Waals surface area contributed by atoms with Gasteiger partial charge < -0.3 is 9.97 Å². The van der Waals surface area contributed by atoms with Crippen LogP contribution in [0.25, 0.3) is 90.9 Å². The highest BCUT2D eigenvalue weighted by Gasteiger charge is 2.22. The van der Waals surface area contributed by atoms with Gasteiger partial charge in [0.15, 0.2) is 12.4 Å². The molecule has 0 amide bonds. The second-order valence-electron chi connectivity index (χ2n) is 21.0. The average molecular weight is 855 g/mol. The van der Waals surface area contributed by atoms with Gasteiger partial charge >= 0.3 is 0 Å². The standard InChI is InChI=1S/C60H63N5/c1-11-12-13-36-65-37-34-42(35-38-65)57-52-32-30-50(63-52)55(40-16-22-44(23-17-40)59(5,6)7)48-28-26-46(61-48)54(39-14-20-43(21-15-39)58(2,3)4)47-27-29-49(62-47)56(51-31-33-53(57)64-51)41-18-24-45(25-19-41)60(8,9)10/h14-35,37-38H,11-13,36H2,1-10H3,(H,61,62,63,64)/p+1. The van der Waals surface area contributed by atoms with Crippen LogP contribution < -0.4 is 4.57 Å². The number of aryl methyl sites for hydroxylation is 1. The van der Waals surface area contributed by atoms with E-state index in [0.717, 1.165) is 95.9 Å². The van der Waals surface area contributed by atoms with Crippen LogP contribution >= 0.6 is 0 Å². The van der Waals surface area contributed by atoms with Crippen molar-refractivity contribution in [3.63, 3.8) is 0 Å².